The zero-order chi connectivity index (χ0) is 12.8. The lowest BCUT2D eigenvalue weighted by Crippen LogP contribution is -2.16. The van der Waals surface area contributed by atoms with Crippen molar-refractivity contribution >= 4 is 17.0 Å². The lowest BCUT2D eigenvalue weighted by molar-refractivity contribution is 0.475. The number of nitrogens with one attached hydrogen (secondary N) is 1. The van der Waals surface area contributed by atoms with Crippen LogP contribution < -0.4 is 5.32 Å². The summed E-state index contributed by atoms with van der Waals surface area (Å²) in [6.45, 7) is 4.60. The molecule has 0 spiro atoms. The van der Waals surface area contributed by atoms with Gasteiger partial charge in [0.15, 0.2) is 0 Å². The Morgan fingerprint density at radius 2 is 2.06 bits per heavy atom. The van der Waals surface area contributed by atoms with Crippen LogP contribution in [0.2, 0.25) is 0 Å². The summed E-state index contributed by atoms with van der Waals surface area (Å²) in [6, 6.07) is 11.6. The van der Waals surface area contributed by atoms with Gasteiger partial charge in [0.25, 0.3) is 0 Å². The molecule has 0 bridgehead atoms. The van der Waals surface area contributed by atoms with Crippen molar-refractivity contribution in [3.05, 3.63) is 42.0 Å². The fraction of sp³-hybridized carbons (Fsp3) is 0.267. The second kappa shape index (κ2) is 6.17. The Kier molecular flexibility index (Phi) is 4.31. The molecular formula is C15H18N2O. The van der Waals surface area contributed by atoms with Gasteiger partial charge in [-0.05, 0) is 23.4 Å². The third-order valence-corrected chi connectivity index (χ3v) is 2.84. The molecule has 3 nitrogen and oxygen atoms in total. The normalized spacial score (nSPS) is 11.4. The first-order valence-corrected chi connectivity index (χ1v) is 6.24. The molecule has 0 aliphatic heterocycles. The summed E-state index contributed by atoms with van der Waals surface area (Å²) in [7, 11) is 0. The lowest BCUT2D eigenvalue weighted by atomic mass is 10.0. The van der Waals surface area contributed by atoms with E-state index in [0.29, 0.717) is 0 Å². The van der Waals surface area contributed by atoms with Crippen LogP contribution in [-0.2, 0) is 0 Å². The summed E-state index contributed by atoms with van der Waals surface area (Å²) in [4.78, 5) is 4.34. The van der Waals surface area contributed by atoms with E-state index < -0.39 is 0 Å². The Hall–Kier alpha value is -1.87. The number of hydrogen-bond acceptors (Lipinski definition) is 3. The molecule has 94 valence electrons. The number of benzene rings is 2. The van der Waals surface area contributed by atoms with Gasteiger partial charge in [0, 0.05) is 18.3 Å². The quantitative estimate of drug-likeness (QED) is 0.625. The van der Waals surface area contributed by atoms with Crippen LogP contribution in [0.5, 0.6) is 5.75 Å². The Labute approximate surface area is 107 Å². The summed E-state index contributed by atoms with van der Waals surface area (Å²) in [5, 5.41) is 15.3. The number of phenolic OH excluding ortho intramolecular Hbond substituents is 1. The number of likely N-dealkylation sites (N-methyl/N-ethyl adjacent to an activating group) is 1. The summed E-state index contributed by atoms with van der Waals surface area (Å²) in [5.41, 5.74) is 0.796. The molecule has 0 fully saturated rings. The molecule has 3 heteroatoms. The maximum absolute atomic E-state index is 9.90. The van der Waals surface area contributed by atoms with E-state index >= 15 is 0 Å². The standard InChI is InChI=1S/C15H18N2O/c1-2-16-9-10-17-11-14-13-6-4-3-5-12(13)7-8-15(14)18/h3-8,11,16,18H,2,9-10H2,1H3. The number of nitrogens with zero attached hydrogens (tertiary/aromatic N) is 1. The molecule has 2 aromatic rings. The van der Waals surface area contributed by atoms with E-state index in [9.17, 15) is 5.11 Å². The number of hydrogen-bond donors (Lipinski definition) is 2. The van der Waals surface area contributed by atoms with Crippen LogP contribution in [0.15, 0.2) is 41.4 Å². The van der Waals surface area contributed by atoms with Gasteiger partial charge in [0.05, 0.1) is 6.54 Å². The molecule has 0 heterocycles. The minimum absolute atomic E-state index is 0.279. The van der Waals surface area contributed by atoms with Gasteiger partial charge in [-0.1, -0.05) is 37.3 Å². The van der Waals surface area contributed by atoms with E-state index in [2.05, 4.69) is 17.2 Å². The maximum Gasteiger partial charge on any atom is 0.124 e. The highest BCUT2D eigenvalue weighted by molar-refractivity contribution is 6.02. The Morgan fingerprint density at radius 1 is 1.22 bits per heavy atom. The van der Waals surface area contributed by atoms with E-state index in [1.165, 1.54) is 0 Å². The first-order valence-electron chi connectivity index (χ1n) is 6.24. The van der Waals surface area contributed by atoms with E-state index in [4.69, 9.17) is 0 Å². The van der Waals surface area contributed by atoms with Gasteiger partial charge in [0.1, 0.15) is 5.75 Å². The van der Waals surface area contributed by atoms with Crippen molar-refractivity contribution in [2.75, 3.05) is 19.6 Å². The molecule has 0 saturated heterocycles. The van der Waals surface area contributed by atoms with Gasteiger partial charge < -0.3 is 10.4 Å². The van der Waals surface area contributed by atoms with Crippen LogP contribution >= 0.6 is 0 Å². The van der Waals surface area contributed by atoms with Gasteiger partial charge in [-0.15, -0.1) is 0 Å². The number of phenols is 1. The Morgan fingerprint density at radius 3 is 2.89 bits per heavy atom. The van der Waals surface area contributed by atoms with Gasteiger partial charge >= 0.3 is 0 Å². The molecule has 0 aromatic heterocycles. The molecule has 0 aliphatic carbocycles. The third-order valence-electron chi connectivity index (χ3n) is 2.84. The van der Waals surface area contributed by atoms with Crippen LogP contribution in [0, 0.1) is 0 Å². The predicted molar refractivity (Wildman–Crippen MR) is 76.6 cm³/mol. The van der Waals surface area contributed by atoms with Crippen molar-refractivity contribution in [2.45, 2.75) is 6.92 Å². The van der Waals surface area contributed by atoms with E-state index in [0.717, 1.165) is 36.0 Å². The monoisotopic (exact) mass is 242 g/mol. The predicted octanol–water partition coefficient (Wildman–Crippen LogP) is 2.57. The highest BCUT2D eigenvalue weighted by Gasteiger charge is 2.03. The minimum atomic E-state index is 0.279. The number of rotatable bonds is 5. The average molecular weight is 242 g/mol. The first kappa shape index (κ1) is 12.6. The molecule has 0 amide bonds. The van der Waals surface area contributed by atoms with E-state index in [1.54, 1.807) is 12.3 Å². The second-order valence-corrected chi connectivity index (χ2v) is 4.11. The van der Waals surface area contributed by atoms with Crippen LogP contribution in [-0.4, -0.2) is 31.0 Å². The summed E-state index contributed by atoms with van der Waals surface area (Å²) in [5.74, 6) is 0.279. The fourth-order valence-corrected chi connectivity index (χ4v) is 1.90. The van der Waals surface area contributed by atoms with Crippen LogP contribution in [0.3, 0.4) is 0 Å². The topological polar surface area (TPSA) is 44.6 Å². The first-order chi connectivity index (χ1) is 8.83. The summed E-state index contributed by atoms with van der Waals surface area (Å²) in [6.07, 6.45) is 1.76. The molecular weight excluding hydrogens is 224 g/mol. The lowest BCUT2D eigenvalue weighted by Gasteiger charge is -2.04. The van der Waals surface area contributed by atoms with Gasteiger partial charge in [-0.25, -0.2) is 0 Å². The summed E-state index contributed by atoms with van der Waals surface area (Å²) < 4.78 is 0. The zero-order valence-electron chi connectivity index (χ0n) is 10.6. The molecule has 0 radical (unpaired) electrons. The molecule has 0 atom stereocenters. The van der Waals surface area contributed by atoms with Crippen molar-refractivity contribution in [1.82, 2.24) is 5.32 Å². The highest BCUT2D eigenvalue weighted by Crippen LogP contribution is 2.25. The fourth-order valence-electron chi connectivity index (χ4n) is 1.90. The van der Waals surface area contributed by atoms with Crippen molar-refractivity contribution in [1.29, 1.82) is 0 Å². The number of aromatic hydroxyl groups is 1. The molecule has 0 saturated carbocycles. The minimum Gasteiger partial charge on any atom is -0.507 e. The SMILES string of the molecule is CCNCCN=Cc1c(O)ccc2ccccc12. The number of fused-ring (bicyclic) bond motifs is 1. The average Bonchev–Trinajstić information content (AvgIpc) is 2.41. The van der Waals surface area contributed by atoms with Gasteiger partial charge in [0.2, 0.25) is 0 Å². The molecule has 2 aromatic carbocycles. The molecule has 0 unspecified atom stereocenters. The van der Waals surface area contributed by atoms with Crippen molar-refractivity contribution in [2.24, 2.45) is 4.99 Å². The number of aliphatic imine (C=N–C) groups is 1. The van der Waals surface area contributed by atoms with Crippen molar-refractivity contribution in [3.63, 3.8) is 0 Å². The molecule has 0 aliphatic rings. The largest absolute Gasteiger partial charge is 0.507 e. The highest BCUT2D eigenvalue weighted by atomic mass is 16.3. The smallest absolute Gasteiger partial charge is 0.124 e. The van der Waals surface area contributed by atoms with Crippen molar-refractivity contribution in [3.8, 4) is 5.75 Å². The van der Waals surface area contributed by atoms with Crippen LogP contribution in [0.1, 0.15) is 12.5 Å². The Bertz CT molecular complexity index is 549. The molecule has 18 heavy (non-hydrogen) atoms. The van der Waals surface area contributed by atoms with Crippen LogP contribution in [0.4, 0.5) is 0 Å². The van der Waals surface area contributed by atoms with Gasteiger partial charge in [-0.3, -0.25) is 4.99 Å². The van der Waals surface area contributed by atoms with E-state index in [1.807, 2.05) is 30.3 Å². The molecule has 2 N–H and O–H groups in total. The molecule has 2 rings (SSSR count). The second-order valence-electron chi connectivity index (χ2n) is 4.11. The third kappa shape index (κ3) is 2.87. The van der Waals surface area contributed by atoms with Crippen LogP contribution in [0.25, 0.3) is 10.8 Å². The maximum atomic E-state index is 9.90. The summed E-state index contributed by atoms with van der Waals surface area (Å²) >= 11 is 0. The van der Waals surface area contributed by atoms with Gasteiger partial charge in [-0.2, -0.15) is 0 Å². The van der Waals surface area contributed by atoms with E-state index in [-0.39, 0.29) is 5.75 Å². The zero-order valence-corrected chi connectivity index (χ0v) is 10.6. The Balaban J connectivity index is 2.23. The van der Waals surface area contributed by atoms with Crippen molar-refractivity contribution < 1.29 is 5.11 Å².